The van der Waals surface area contributed by atoms with Gasteiger partial charge in [0.05, 0.1) is 23.8 Å². The number of nitrogens with zero attached hydrogens (tertiary/aromatic N) is 2. The molecule has 2 aliphatic rings. The number of carboxylic acids is 1. The number of fused-ring (bicyclic) bond motifs is 1. The molecule has 2 aromatic carbocycles. The van der Waals surface area contributed by atoms with Crippen LogP contribution in [0.25, 0.3) is 0 Å². The molecule has 3 amide bonds. The molecule has 2 aliphatic heterocycles. The Hall–Kier alpha value is -3.76. The first-order valence-electron chi connectivity index (χ1n) is 11.7. The molecule has 10 heteroatoms. The fourth-order valence-corrected chi connectivity index (χ4v) is 4.50. The van der Waals surface area contributed by atoms with Crippen LogP contribution < -0.4 is 5.48 Å². The van der Waals surface area contributed by atoms with E-state index in [1.165, 1.54) is 12.1 Å². The van der Waals surface area contributed by atoms with Crippen LogP contribution in [0.4, 0.5) is 4.79 Å². The highest BCUT2D eigenvalue weighted by molar-refractivity contribution is 6.23. The first kappa shape index (κ1) is 25.3. The number of hydrogen-bond donors (Lipinski definition) is 2. The Morgan fingerprint density at radius 2 is 1.61 bits per heavy atom. The number of imide groups is 1. The molecule has 0 radical (unpaired) electrons. The van der Waals surface area contributed by atoms with Gasteiger partial charge in [0.2, 0.25) is 5.66 Å². The van der Waals surface area contributed by atoms with Gasteiger partial charge in [-0.3, -0.25) is 19.3 Å². The molecule has 0 spiro atoms. The molecule has 0 bridgehead atoms. The Balaban J connectivity index is 1.64. The van der Waals surface area contributed by atoms with Crippen LogP contribution in [0.5, 0.6) is 0 Å². The van der Waals surface area contributed by atoms with Crippen LogP contribution in [-0.4, -0.2) is 62.6 Å². The molecular weight excluding hydrogens is 466 g/mol. The van der Waals surface area contributed by atoms with Gasteiger partial charge >= 0.3 is 12.1 Å². The van der Waals surface area contributed by atoms with E-state index in [-0.39, 0.29) is 37.1 Å². The predicted molar refractivity (Wildman–Crippen MR) is 128 cm³/mol. The molecule has 10 nitrogen and oxygen atoms in total. The van der Waals surface area contributed by atoms with E-state index >= 15 is 0 Å². The van der Waals surface area contributed by atoms with Crippen molar-refractivity contribution < 1.29 is 33.9 Å². The second kappa shape index (κ2) is 9.71. The quantitative estimate of drug-likeness (QED) is 0.462. The molecular formula is C26H29N3O7. The van der Waals surface area contributed by atoms with Crippen LogP contribution in [0, 0.1) is 0 Å². The summed E-state index contributed by atoms with van der Waals surface area (Å²) in [6.45, 7) is 5.05. The summed E-state index contributed by atoms with van der Waals surface area (Å²) in [5, 5.41) is 10.4. The second-order valence-corrected chi connectivity index (χ2v) is 9.83. The van der Waals surface area contributed by atoms with E-state index in [1.54, 1.807) is 32.9 Å². The van der Waals surface area contributed by atoms with Crippen molar-refractivity contribution in [1.29, 1.82) is 0 Å². The summed E-state index contributed by atoms with van der Waals surface area (Å²) in [6.07, 6.45) is -0.941. The fraction of sp³-hybridized carbons (Fsp3) is 0.385. The number of hydrogen-bond acceptors (Lipinski definition) is 7. The third kappa shape index (κ3) is 4.69. The van der Waals surface area contributed by atoms with Crippen LogP contribution in [-0.2, 0) is 21.0 Å². The lowest BCUT2D eigenvalue weighted by Crippen LogP contribution is -2.72. The van der Waals surface area contributed by atoms with Gasteiger partial charge in [-0.1, -0.05) is 42.5 Å². The van der Waals surface area contributed by atoms with E-state index in [0.717, 1.165) is 10.5 Å². The summed E-state index contributed by atoms with van der Waals surface area (Å²) in [5.41, 5.74) is 0.819. The highest BCUT2D eigenvalue weighted by atomic mass is 16.6. The van der Waals surface area contributed by atoms with Crippen molar-refractivity contribution >= 4 is 23.9 Å². The molecule has 2 aromatic rings. The SMILES string of the molecule is CC(C)(C)OC(=O)N1C[C@H](NOCc2ccccc2)CC[C@]1(C(=O)O)N1C(=O)c2ccccc2C1=O. The van der Waals surface area contributed by atoms with E-state index in [2.05, 4.69) is 5.48 Å². The van der Waals surface area contributed by atoms with Gasteiger partial charge < -0.3 is 9.84 Å². The van der Waals surface area contributed by atoms with Gasteiger partial charge in [0.15, 0.2) is 0 Å². The lowest BCUT2D eigenvalue weighted by atomic mass is 9.90. The molecule has 0 aliphatic carbocycles. The van der Waals surface area contributed by atoms with E-state index in [1.807, 2.05) is 30.3 Å². The highest BCUT2D eigenvalue weighted by Crippen LogP contribution is 2.39. The van der Waals surface area contributed by atoms with Crippen LogP contribution in [0.2, 0.25) is 0 Å². The first-order valence-corrected chi connectivity index (χ1v) is 11.7. The Bertz CT molecular complexity index is 1140. The average molecular weight is 496 g/mol. The molecule has 2 N–H and O–H groups in total. The number of amides is 3. The first-order chi connectivity index (χ1) is 17.0. The number of rotatable bonds is 6. The zero-order valence-corrected chi connectivity index (χ0v) is 20.4. The van der Waals surface area contributed by atoms with Crippen molar-refractivity contribution in [3.63, 3.8) is 0 Å². The maximum absolute atomic E-state index is 13.3. The molecule has 2 atom stereocenters. The van der Waals surface area contributed by atoms with Gasteiger partial charge in [-0.15, -0.1) is 0 Å². The summed E-state index contributed by atoms with van der Waals surface area (Å²) in [5.74, 6) is -3.02. The summed E-state index contributed by atoms with van der Waals surface area (Å²) in [4.78, 5) is 60.0. The van der Waals surface area contributed by atoms with Gasteiger partial charge in [0.1, 0.15) is 5.60 Å². The van der Waals surface area contributed by atoms with Crippen LogP contribution >= 0.6 is 0 Å². The zero-order chi connectivity index (χ0) is 26.1. The maximum Gasteiger partial charge on any atom is 0.412 e. The number of ether oxygens (including phenoxy) is 1. The normalized spacial score (nSPS) is 21.9. The average Bonchev–Trinajstić information content (AvgIpc) is 3.09. The summed E-state index contributed by atoms with van der Waals surface area (Å²) >= 11 is 0. The number of hydroxylamine groups is 1. The topological polar surface area (TPSA) is 125 Å². The minimum atomic E-state index is -2.26. The lowest BCUT2D eigenvalue weighted by molar-refractivity contribution is -0.167. The van der Waals surface area contributed by atoms with Crippen molar-refractivity contribution in [3.8, 4) is 0 Å². The molecule has 1 saturated heterocycles. The molecule has 190 valence electrons. The van der Waals surface area contributed by atoms with Gasteiger partial charge in [0, 0.05) is 13.0 Å². The smallest absolute Gasteiger partial charge is 0.412 e. The van der Waals surface area contributed by atoms with Crippen molar-refractivity contribution in [2.24, 2.45) is 0 Å². The summed E-state index contributed by atoms with van der Waals surface area (Å²) in [6, 6.07) is 15.1. The molecule has 4 rings (SSSR count). The predicted octanol–water partition coefficient (Wildman–Crippen LogP) is 3.18. The number of benzene rings is 2. The second-order valence-electron chi connectivity index (χ2n) is 9.83. The van der Waals surface area contributed by atoms with E-state index in [4.69, 9.17) is 9.57 Å². The molecule has 0 aromatic heterocycles. The minimum absolute atomic E-state index is 0.0960. The van der Waals surface area contributed by atoms with Gasteiger partial charge in [-0.25, -0.2) is 14.5 Å². The monoisotopic (exact) mass is 495 g/mol. The minimum Gasteiger partial charge on any atom is -0.478 e. The fourth-order valence-electron chi connectivity index (χ4n) is 4.50. The Kier molecular flexibility index (Phi) is 6.83. The Morgan fingerprint density at radius 1 is 1.03 bits per heavy atom. The molecule has 36 heavy (non-hydrogen) atoms. The lowest BCUT2D eigenvalue weighted by Gasteiger charge is -2.49. The van der Waals surface area contributed by atoms with E-state index in [0.29, 0.717) is 4.90 Å². The number of nitrogens with one attached hydrogen (secondary N) is 1. The number of carbonyl (C=O) groups is 4. The number of aliphatic carboxylic acids is 1. The van der Waals surface area contributed by atoms with E-state index < -0.39 is 41.2 Å². The van der Waals surface area contributed by atoms with Gasteiger partial charge in [-0.05, 0) is 44.9 Å². The zero-order valence-electron chi connectivity index (χ0n) is 20.4. The maximum atomic E-state index is 13.3. The number of piperidine rings is 1. The van der Waals surface area contributed by atoms with Crippen LogP contribution in [0.1, 0.15) is 59.9 Å². The molecule has 1 fully saturated rings. The van der Waals surface area contributed by atoms with Crippen molar-refractivity contribution in [3.05, 3.63) is 71.3 Å². The standard InChI is InChI=1S/C26H29N3O7/c1-25(2,3)36-24(34)28-15-18(27-35-16-17-9-5-4-6-10-17)13-14-26(28,23(32)33)29-21(30)19-11-7-8-12-20(19)22(29)31/h4-12,18,27H,13-16H2,1-3H3,(H,32,33)/t18-,26-/m1/s1. The molecule has 2 heterocycles. The van der Waals surface area contributed by atoms with Gasteiger partial charge in [-0.2, -0.15) is 5.48 Å². The summed E-state index contributed by atoms with van der Waals surface area (Å²) in [7, 11) is 0. The number of carbonyl (C=O) groups excluding carboxylic acids is 3. The van der Waals surface area contributed by atoms with Crippen molar-refractivity contribution in [1.82, 2.24) is 15.3 Å². The molecule has 0 unspecified atom stereocenters. The van der Waals surface area contributed by atoms with Crippen molar-refractivity contribution in [2.75, 3.05) is 6.54 Å². The Labute approximate surface area is 208 Å². The third-order valence-electron chi connectivity index (χ3n) is 6.14. The third-order valence-corrected chi connectivity index (χ3v) is 6.14. The van der Waals surface area contributed by atoms with E-state index in [9.17, 15) is 24.3 Å². The largest absolute Gasteiger partial charge is 0.478 e. The Morgan fingerprint density at radius 3 is 2.17 bits per heavy atom. The number of carboxylic acid groups (broad SMARTS) is 1. The molecule has 0 saturated carbocycles. The number of likely N-dealkylation sites (tertiary alicyclic amines) is 1. The van der Waals surface area contributed by atoms with Gasteiger partial charge in [0.25, 0.3) is 11.8 Å². The van der Waals surface area contributed by atoms with Crippen LogP contribution in [0.15, 0.2) is 54.6 Å². The summed E-state index contributed by atoms with van der Waals surface area (Å²) < 4.78 is 5.52. The van der Waals surface area contributed by atoms with Crippen molar-refractivity contribution in [2.45, 2.75) is 57.5 Å². The van der Waals surface area contributed by atoms with Crippen LogP contribution in [0.3, 0.4) is 0 Å². The highest BCUT2D eigenvalue weighted by Gasteiger charge is 2.61.